The second-order valence-electron chi connectivity index (χ2n) is 3.87. The van der Waals surface area contributed by atoms with Gasteiger partial charge in [0, 0.05) is 19.1 Å². The quantitative estimate of drug-likeness (QED) is 0.673. The SMILES string of the molecule is CC(NC(=O)CCCO)C1CCC1. The first-order valence-corrected chi connectivity index (χ1v) is 5.14. The highest BCUT2D eigenvalue weighted by atomic mass is 16.3. The zero-order valence-electron chi connectivity index (χ0n) is 8.25. The molecule has 0 aromatic heterocycles. The lowest BCUT2D eigenvalue weighted by molar-refractivity contribution is -0.122. The summed E-state index contributed by atoms with van der Waals surface area (Å²) < 4.78 is 0. The van der Waals surface area contributed by atoms with Crippen molar-refractivity contribution in [3.05, 3.63) is 0 Å². The first kappa shape index (κ1) is 10.5. The number of aliphatic hydroxyl groups is 1. The molecule has 0 saturated heterocycles. The number of aliphatic hydroxyl groups excluding tert-OH is 1. The van der Waals surface area contributed by atoms with Crippen LogP contribution in [0.1, 0.15) is 39.0 Å². The van der Waals surface area contributed by atoms with Crippen molar-refractivity contribution in [1.82, 2.24) is 5.32 Å². The fourth-order valence-corrected chi connectivity index (χ4v) is 1.62. The molecule has 1 aliphatic carbocycles. The van der Waals surface area contributed by atoms with Crippen molar-refractivity contribution < 1.29 is 9.90 Å². The monoisotopic (exact) mass is 185 g/mol. The molecule has 3 nitrogen and oxygen atoms in total. The van der Waals surface area contributed by atoms with Crippen LogP contribution in [0, 0.1) is 5.92 Å². The molecule has 0 aromatic carbocycles. The molecule has 1 atom stereocenters. The smallest absolute Gasteiger partial charge is 0.220 e. The van der Waals surface area contributed by atoms with E-state index in [1.165, 1.54) is 19.3 Å². The van der Waals surface area contributed by atoms with E-state index in [0.29, 0.717) is 24.8 Å². The van der Waals surface area contributed by atoms with Crippen molar-refractivity contribution in [3.63, 3.8) is 0 Å². The third-order valence-electron chi connectivity index (χ3n) is 2.81. The fourth-order valence-electron chi connectivity index (χ4n) is 1.62. The topological polar surface area (TPSA) is 49.3 Å². The minimum Gasteiger partial charge on any atom is -0.396 e. The van der Waals surface area contributed by atoms with E-state index in [4.69, 9.17) is 5.11 Å². The van der Waals surface area contributed by atoms with Gasteiger partial charge >= 0.3 is 0 Å². The molecule has 0 heterocycles. The molecule has 1 fully saturated rings. The van der Waals surface area contributed by atoms with Crippen LogP contribution < -0.4 is 5.32 Å². The van der Waals surface area contributed by atoms with E-state index in [1.54, 1.807) is 0 Å². The molecule has 0 radical (unpaired) electrons. The Hall–Kier alpha value is -0.570. The number of nitrogens with one attached hydrogen (secondary N) is 1. The Morgan fingerprint density at radius 1 is 1.62 bits per heavy atom. The van der Waals surface area contributed by atoms with Crippen molar-refractivity contribution in [1.29, 1.82) is 0 Å². The molecule has 0 aromatic rings. The van der Waals surface area contributed by atoms with Crippen molar-refractivity contribution in [2.75, 3.05) is 6.61 Å². The highest BCUT2D eigenvalue weighted by Gasteiger charge is 2.24. The molecular weight excluding hydrogens is 166 g/mol. The lowest BCUT2D eigenvalue weighted by Crippen LogP contribution is -2.40. The largest absolute Gasteiger partial charge is 0.396 e. The Bertz CT molecular complexity index is 166. The standard InChI is InChI=1S/C10H19NO2/c1-8(9-4-2-5-9)11-10(13)6-3-7-12/h8-9,12H,2-7H2,1H3,(H,11,13). The Kier molecular flexibility index (Phi) is 4.22. The van der Waals surface area contributed by atoms with Crippen LogP contribution in [-0.4, -0.2) is 23.7 Å². The molecule has 1 unspecified atom stereocenters. The summed E-state index contributed by atoms with van der Waals surface area (Å²) in [5, 5.41) is 11.5. The van der Waals surface area contributed by atoms with E-state index in [2.05, 4.69) is 12.2 Å². The summed E-state index contributed by atoms with van der Waals surface area (Å²) in [6, 6.07) is 0.319. The van der Waals surface area contributed by atoms with Crippen LogP contribution in [0.25, 0.3) is 0 Å². The Labute approximate surface area is 79.5 Å². The first-order chi connectivity index (χ1) is 6.24. The molecule has 0 aliphatic heterocycles. The summed E-state index contributed by atoms with van der Waals surface area (Å²) in [5.41, 5.74) is 0. The summed E-state index contributed by atoms with van der Waals surface area (Å²) in [5.74, 6) is 0.770. The molecule has 1 amide bonds. The highest BCUT2D eigenvalue weighted by molar-refractivity contribution is 5.76. The summed E-state index contributed by atoms with van der Waals surface area (Å²) in [4.78, 5) is 11.2. The highest BCUT2D eigenvalue weighted by Crippen LogP contribution is 2.29. The summed E-state index contributed by atoms with van der Waals surface area (Å²) in [6.07, 6.45) is 4.83. The average Bonchev–Trinajstić information content (AvgIpc) is 1.97. The van der Waals surface area contributed by atoms with Crippen molar-refractivity contribution in [2.45, 2.75) is 45.1 Å². The van der Waals surface area contributed by atoms with Gasteiger partial charge in [-0.25, -0.2) is 0 Å². The molecule has 3 heteroatoms. The zero-order chi connectivity index (χ0) is 9.68. The second-order valence-corrected chi connectivity index (χ2v) is 3.87. The third-order valence-corrected chi connectivity index (χ3v) is 2.81. The van der Waals surface area contributed by atoms with Gasteiger partial charge in [-0.05, 0) is 32.1 Å². The van der Waals surface area contributed by atoms with Crippen LogP contribution in [-0.2, 0) is 4.79 Å². The van der Waals surface area contributed by atoms with Crippen LogP contribution in [0.4, 0.5) is 0 Å². The maximum Gasteiger partial charge on any atom is 0.220 e. The van der Waals surface area contributed by atoms with Crippen molar-refractivity contribution in [2.24, 2.45) is 5.92 Å². The Balaban J connectivity index is 2.11. The van der Waals surface area contributed by atoms with Crippen LogP contribution in [0.5, 0.6) is 0 Å². The maximum atomic E-state index is 11.2. The van der Waals surface area contributed by atoms with E-state index in [0.717, 1.165) is 0 Å². The van der Waals surface area contributed by atoms with E-state index in [-0.39, 0.29) is 12.5 Å². The minimum atomic E-state index is 0.0773. The minimum absolute atomic E-state index is 0.0773. The first-order valence-electron chi connectivity index (χ1n) is 5.14. The molecule has 1 saturated carbocycles. The number of carbonyl (C=O) groups is 1. The number of rotatable bonds is 5. The van der Waals surface area contributed by atoms with Gasteiger partial charge in [-0.15, -0.1) is 0 Å². The lowest BCUT2D eigenvalue weighted by atomic mass is 9.80. The van der Waals surface area contributed by atoms with Gasteiger partial charge in [-0.1, -0.05) is 6.42 Å². The van der Waals surface area contributed by atoms with Crippen LogP contribution in [0.3, 0.4) is 0 Å². The average molecular weight is 185 g/mol. The third kappa shape index (κ3) is 3.35. The van der Waals surface area contributed by atoms with Gasteiger partial charge < -0.3 is 10.4 Å². The Morgan fingerprint density at radius 3 is 2.77 bits per heavy atom. The van der Waals surface area contributed by atoms with Gasteiger partial charge in [-0.3, -0.25) is 4.79 Å². The fraction of sp³-hybridized carbons (Fsp3) is 0.900. The van der Waals surface area contributed by atoms with Gasteiger partial charge in [0.2, 0.25) is 5.91 Å². The molecule has 0 bridgehead atoms. The van der Waals surface area contributed by atoms with Gasteiger partial charge in [0.05, 0.1) is 0 Å². The zero-order valence-corrected chi connectivity index (χ0v) is 8.25. The summed E-state index contributed by atoms with van der Waals surface area (Å²) in [7, 11) is 0. The molecule has 2 N–H and O–H groups in total. The molecule has 1 rings (SSSR count). The van der Waals surface area contributed by atoms with Gasteiger partial charge in [-0.2, -0.15) is 0 Å². The van der Waals surface area contributed by atoms with E-state index >= 15 is 0 Å². The second kappa shape index (κ2) is 5.22. The lowest BCUT2D eigenvalue weighted by Gasteiger charge is -2.31. The van der Waals surface area contributed by atoms with Gasteiger partial charge in [0.25, 0.3) is 0 Å². The van der Waals surface area contributed by atoms with E-state index in [1.807, 2.05) is 0 Å². The summed E-state index contributed by atoms with van der Waals surface area (Å²) >= 11 is 0. The number of carbonyl (C=O) groups excluding carboxylic acids is 1. The molecule has 1 aliphatic rings. The van der Waals surface area contributed by atoms with E-state index in [9.17, 15) is 4.79 Å². The molecule has 0 spiro atoms. The normalized spacial score (nSPS) is 19.2. The van der Waals surface area contributed by atoms with Gasteiger partial charge in [0.15, 0.2) is 0 Å². The molecule has 13 heavy (non-hydrogen) atoms. The molecular formula is C10H19NO2. The maximum absolute atomic E-state index is 11.2. The predicted octanol–water partition coefficient (Wildman–Crippen LogP) is 1.06. The van der Waals surface area contributed by atoms with Crippen LogP contribution in [0.2, 0.25) is 0 Å². The van der Waals surface area contributed by atoms with Crippen LogP contribution >= 0.6 is 0 Å². The van der Waals surface area contributed by atoms with Crippen LogP contribution in [0.15, 0.2) is 0 Å². The van der Waals surface area contributed by atoms with Gasteiger partial charge in [0.1, 0.15) is 0 Å². The van der Waals surface area contributed by atoms with Crippen molar-refractivity contribution in [3.8, 4) is 0 Å². The number of hydrogen-bond acceptors (Lipinski definition) is 2. The number of hydrogen-bond donors (Lipinski definition) is 2. The summed E-state index contributed by atoms with van der Waals surface area (Å²) in [6.45, 7) is 2.17. The van der Waals surface area contributed by atoms with Crippen molar-refractivity contribution >= 4 is 5.91 Å². The Morgan fingerprint density at radius 2 is 2.31 bits per heavy atom. The number of amides is 1. The molecule has 76 valence electrons. The van der Waals surface area contributed by atoms with E-state index < -0.39 is 0 Å². The predicted molar refractivity (Wildman–Crippen MR) is 51.3 cm³/mol.